The number of carbonyl (C=O) groups excluding carboxylic acids is 1. The Bertz CT molecular complexity index is 1460. The van der Waals surface area contributed by atoms with Crippen LogP contribution in [0, 0.1) is 5.92 Å². The third kappa shape index (κ3) is 6.04. The number of thiazole rings is 1. The second-order valence-corrected chi connectivity index (χ2v) is 13.2. The van der Waals surface area contributed by atoms with Gasteiger partial charge in [-0.2, -0.15) is 0 Å². The lowest BCUT2D eigenvalue weighted by atomic mass is 9.95. The van der Waals surface area contributed by atoms with Crippen molar-refractivity contribution >= 4 is 33.0 Å². The number of carbonyl (C=O) groups is 1. The second kappa shape index (κ2) is 10.8. The van der Waals surface area contributed by atoms with Gasteiger partial charge < -0.3 is 15.0 Å². The smallest absolute Gasteiger partial charge is 0.280 e. The van der Waals surface area contributed by atoms with Crippen LogP contribution in [-0.4, -0.2) is 70.1 Å². The number of rotatable bonds is 11. The summed E-state index contributed by atoms with van der Waals surface area (Å²) in [7, 11) is -3.41. The molecular formula is C26H31N7O4S2. The quantitative estimate of drug-likeness (QED) is 0.356. The fourth-order valence-corrected chi connectivity index (χ4v) is 7.14. The molecule has 1 amide bonds. The standard InChI is InChI=1S/C26H31N7O4S2/c1-2-37-23-14-27-12-21(30-23)22-13-29-26(38-22)25(34)31-24(16-8-10-33(15-16)18-3-4-18)20-11-17(7-9-28-20)32-39(35,36)19-5-6-19/h7,9,11-14,16,18-19,24H,2-6,8,10,15H2,1H3,(H,28,32)(H,31,34)/t16-,24+/m1/s1. The third-order valence-corrected chi connectivity index (χ3v) is 10.1. The minimum Gasteiger partial charge on any atom is -0.477 e. The number of ether oxygens (including phenoxy) is 1. The number of aromatic nitrogens is 4. The van der Waals surface area contributed by atoms with Crippen molar-refractivity contribution in [2.75, 3.05) is 24.4 Å². The highest BCUT2D eigenvalue weighted by Crippen LogP contribution is 2.37. The van der Waals surface area contributed by atoms with Gasteiger partial charge in [0.1, 0.15) is 5.69 Å². The van der Waals surface area contributed by atoms with Gasteiger partial charge in [-0.3, -0.25) is 19.5 Å². The van der Waals surface area contributed by atoms with E-state index in [4.69, 9.17) is 4.74 Å². The van der Waals surface area contributed by atoms with E-state index >= 15 is 0 Å². The first-order valence-electron chi connectivity index (χ1n) is 13.3. The summed E-state index contributed by atoms with van der Waals surface area (Å²) in [5, 5.41) is 3.15. The number of hydrogen-bond donors (Lipinski definition) is 2. The van der Waals surface area contributed by atoms with Crippen LogP contribution in [0.3, 0.4) is 0 Å². The Morgan fingerprint density at radius 3 is 2.79 bits per heavy atom. The van der Waals surface area contributed by atoms with Gasteiger partial charge in [0.2, 0.25) is 15.9 Å². The number of nitrogens with one attached hydrogen (secondary N) is 2. The summed E-state index contributed by atoms with van der Waals surface area (Å²) >= 11 is 1.23. The van der Waals surface area contributed by atoms with Gasteiger partial charge in [-0.1, -0.05) is 0 Å². The summed E-state index contributed by atoms with van der Waals surface area (Å²) in [4.78, 5) is 34.2. The van der Waals surface area contributed by atoms with Crippen molar-refractivity contribution in [2.24, 2.45) is 5.92 Å². The molecule has 2 N–H and O–H groups in total. The number of anilines is 1. The Kier molecular flexibility index (Phi) is 7.21. The zero-order valence-electron chi connectivity index (χ0n) is 21.6. The number of likely N-dealkylation sites (tertiary alicyclic amines) is 1. The number of amides is 1. The van der Waals surface area contributed by atoms with E-state index in [1.54, 1.807) is 36.9 Å². The fraction of sp³-hybridized carbons (Fsp3) is 0.500. The largest absolute Gasteiger partial charge is 0.477 e. The van der Waals surface area contributed by atoms with Gasteiger partial charge in [-0.25, -0.2) is 18.4 Å². The molecular weight excluding hydrogens is 538 g/mol. The number of hydrogen-bond acceptors (Lipinski definition) is 10. The van der Waals surface area contributed by atoms with Crippen LogP contribution in [0.5, 0.6) is 5.88 Å². The van der Waals surface area contributed by atoms with Gasteiger partial charge in [0.05, 0.1) is 46.6 Å². The summed E-state index contributed by atoms with van der Waals surface area (Å²) in [5.74, 6) is 0.255. The van der Waals surface area contributed by atoms with Crippen LogP contribution < -0.4 is 14.8 Å². The first-order valence-corrected chi connectivity index (χ1v) is 15.7. The molecule has 0 bridgehead atoms. The lowest BCUT2D eigenvalue weighted by Crippen LogP contribution is -2.35. The minimum absolute atomic E-state index is 0.144. The predicted molar refractivity (Wildman–Crippen MR) is 147 cm³/mol. The van der Waals surface area contributed by atoms with Crippen molar-refractivity contribution < 1.29 is 17.9 Å². The molecule has 206 valence electrons. The molecule has 13 heteroatoms. The fourth-order valence-electron chi connectivity index (χ4n) is 4.98. The Hall–Kier alpha value is -3.16. The zero-order chi connectivity index (χ0) is 27.0. The first kappa shape index (κ1) is 26.1. The van der Waals surface area contributed by atoms with Gasteiger partial charge in [-0.05, 0) is 63.6 Å². The molecule has 2 atom stereocenters. The molecule has 3 fully saturated rings. The molecule has 3 aromatic heterocycles. The van der Waals surface area contributed by atoms with Gasteiger partial charge in [0.25, 0.3) is 5.91 Å². The molecule has 0 unspecified atom stereocenters. The number of sulfonamides is 1. The highest BCUT2D eigenvalue weighted by molar-refractivity contribution is 7.93. The number of pyridine rings is 1. The van der Waals surface area contributed by atoms with E-state index in [9.17, 15) is 13.2 Å². The SMILES string of the molecule is CCOc1cncc(-c2cnc(C(=O)N[C@H](c3cc(NS(=O)(=O)C4CC4)ccn3)[C@@H]3CCN(C4CC4)C3)s2)n1. The summed E-state index contributed by atoms with van der Waals surface area (Å²) in [5.41, 5.74) is 1.68. The third-order valence-electron chi connectivity index (χ3n) is 7.26. The van der Waals surface area contributed by atoms with Gasteiger partial charge in [0, 0.05) is 25.0 Å². The van der Waals surface area contributed by atoms with Crippen LogP contribution in [0.1, 0.15) is 60.6 Å². The van der Waals surface area contributed by atoms with E-state index in [1.807, 2.05) is 6.92 Å². The highest BCUT2D eigenvalue weighted by atomic mass is 32.2. The molecule has 1 aliphatic heterocycles. The van der Waals surface area contributed by atoms with E-state index in [-0.39, 0.29) is 23.1 Å². The van der Waals surface area contributed by atoms with Crippen molar-refractivity contribution in [3.8, 4) is 16.5 Å². The molecule has 1 saturated heterocycles. The Balaban J connectivity index is 1.23. The van der Waals surface area contributed by atoms with E-state index in [1.165, 1.54) is 24.2 Å². The monoisotopic (exact) mass is 569 g/mol. The van der Waals surface area contributed by atoms with E-state index < -0.39 is 10.0 Å². The maximum atomic E-state index is 13.5. The van der Waals surface area contributed by atoms with Crippen molar-refractivity contribution in [3.63, 3.8) is 0 Å². The van der Waals surface area contributed by atoms with Gasteiger partial charge in [0.15, 0.2) is 5.01 Å². The van der Waals surface area contributed by atoms with E-state index in [0.29, 0.717) is 58.3 Å². The normalized spacial score (nSPS) is 20.5. The maximum absolute atomic E-state index is 13.5. The molecule has 0 radical (unpaired) electrons. The highest BCUT2D eigenvalue weighted by Gasteiger charge is 2.39. The van der Waals surface area contributed by atoms with Crippen molar-refractivity contribution in [3.05, 3.63) is 47.6 Å². The first-order chi connectivity index (χ1) is 18.9. The summed E-state index contributed by atoms with van der Waals surface area (Å²) in [6.45, 7) is 4.19. The Morgan fingerprint density at radius 1 is 1.18 bits per heavy atom. The van der Waals surface area contributed by atoms with Crippen LogP contribution in [0.4, 0.5) is 5.69 Å². The van der Waals surface area contributed by atoms with Crippen LogP contribution in [-0.2, 0) is 10.0 Å². The van der Waals surface area contributed by atoms with Crippen LogP contribution >= 0.6 is 11.3 Å². The molecule has 39 heavy (non-hydrogen) atoms. The lowest BCUT2D eigenvalue weighted by molar-refractivity contribution is 0.0920. The average molecular weight is 570 g/mol. The number of nitrogens with zero attached hydrogens (tertiary/aromatic N) is 5. The van der Waals surface area contributed by atoms with Gasteiger partial charge >= 0.3 is 0 Å². The van der Waals surface area contributed by atoms with Crippen molar-refractivity contribution in [2.45, 2.75) is 56.4 Å². The van der Waals surface area contributed by atoms with Gasteiger partial charge in [-0.15, -0.1) is 11.3 Å². The molecule has 2 aliphatic carbocycles. The summed E-state index contributed by atoms with van der Waals surface area (Å²) < 4.78 is 33.2. The van der Waals surface area contributed by atoms with Crippen molar-refractivity contribution in [1.82, 2.24) is 30.2 Å². The van der Waals surface area contributed by atoms with Crippen LogP contribution in [0.15, 0.2) is 36.9 Å². The molecule has 0 spiro atoms. The van der Waals surface area contributed by atoms with E-state index in [0.717, 1.165) is 19.5 Å². The maximum Gasteiger partial charge on any atom is 0.280 e. The minimum atomic E-state index is -3.41. The average Bonchev–Trinajstić information content (AvgIpc) is 3.86. The van der Waals surface area contributed by atoms with Crippen LogP contribution in [0.2, 0.25) is 0 Å². The molecule has 4 heterocycles. The Morgan fingerprint density at radius 2 is 2.03 bits per heavy atom. The molecule has 11 nitrogen and oxygen atoms in total. The predicted octanol–water partition coefficient (Wildman–Crippen LogP) is 3.25. The van der Waals surface area contributed by atoms with Crippen LogP contribution in [0.25, 0.3) is 10.6 Å². The zero-order valence-corrected chi connectivity index (χ0v) is 23.2. The lowest BCUT2D eigenvalue weighted by Gasteiger charge is -2.25. The molecule has 0 aromatic carbocycles. The molecule has 6 rings (SSSR count). The second-order valence-electron chi connectivity index (χ2n) is 10.2. The summed E-state index contributed by atoms with van der Waals surface area (Å²) in [6.07, 6.45) is 11.1. The van der Waals surface area contributed by atoms with E-state index in [2.05, 4.69) is 34.9 Å². The molecule has 3 aromatic rings. The Labute approximate surface area is 231 Å². The summed E-state index contributed by atoms with van der Waals surface area (Å²) in [6, 6.07) is 3.64. The topological polar surface area (TPSA) is 139 Å². The molecule has 3 aliphatic rings. The van der Waals surface area contributed by atoms with Crippen molar-refractivity contribution in [1.29, 1.82) is 0 Å². The molecule has 2 saturated carbocycles.